The number of rotatable bonds is 5. The van der Waals surface area contributed by atoms with Gasteiger partial charge in [0.05, 0.1) is 6.20 Å². The first-order valence-corrected chi connectivity index (χ1v) is 6.22. The summed E-state index contributed by atoms with van der Waals surface area (Å²) in [7, 11) is 3.89. The summed E-state index contributed by atoms with van der Waals surface area (Å²) < 4.78 is 15.1. The summed E-state index contributed by atoms with van der Waals surface area (Å²) in [6.07, 6.45) is 3.82. The zero-order valence-corrected chi connectivity index (χ0v) is 11.3. The van der Waals surface area contributed by atoms with Crippen LogP contribution in [0.5, 0.6) is 0 Å². The van der Waals surface area contributed by atoms with Crippen LogP contribution >= 0.6 is 0 Å². The Morgan fingerprint density at radius 3 is 2.74 bits per heavy atom. The van der Waals surface area contributed by atoms with Gasteiger partial charge in [-0.3, -0.25) is 9.58 Å². The summed E-state index contributed by atoms with van der Waals surface area (Å²) in [6, 6.07) is 4.76. The van der Waals surface area contributed by atoms with E-state index >= 15 is 0 Å². The van der Waals surface area contributed by atoms with Gasteiger partial charge in [0.2, 0.25) is 0 Å². The highest BCUT2D eigenvalue weighted by molar-refractivity contribution is 5.27. The second kappa shape index (κ2) is 5.95. The number of aromatic nitrogens is 2. The molecule has 2 N–H and O–H groups in total. The Kier molecular flexibility index (Phi) is 4.29. The molecule has 0 aliphatic rings. The van der Waals surface area contributed by atoms with Crippen molar-refractivity contribution in [2.45, 2.75) is 19.6 Å². The van der Waals surface area contributed by atoms with Gasteiger partial charge in [-0.1, -0.05) is 6.07 Å². The van der Waals surface area contributed by atoms with Gasteiger partial charge in [-0.15, -0.1) is 0 Å². The van der Waals surface area contributed by atoms with Gasteiger partial charge in [0.1, 0.15) is 5.82 Å². The van der Waals surface area contributed by atoms with E-state index in [0.717, 1.165) is 23.2 Å². The van der Waals surface area contributed by atoms with Crippen LogP contribution in [0.25, 0.3) is 0 Å². The van der Waals surface area contributed by atoms with Crippen molar-refractivity contribution in [3.8, 4) is 0 Å². The fraction of sp³-hybridized carbons (Fsp3) is 0.357. The first-order chi connectivity index (χ1) is 9.08. The SMILES string of the molecule is CN(Cc1cnn(C)c1)Cc1cc(F)ccc1CN. The Morgan fingerprint density at radius 2 is 2.11 bits per heavy atom. The van der Waals surface area contributed by atoms with Crippen LogP contribution in [0.2, 0.25) is 0 Å². The molecule has 0 unspecified atom stereocenters. The van der Waals surface area contributed by atoms with Gasteiger partial charge in [0.15, 0.2) is 0 Å². The third kappa shape index (κ3) is 3.62. The normalized spacial score (nSPS) is 11.2. The van der Waals surface area contributed by atoms with Crippen LogP contribution in [0.3, 0.4) is 0 Å². The Bertz CT molecular complexity index is 550. The molecule has 0 saturated heterocycles. The molecular weight excluding hydrogens is 243 g/mol. The second-order valence-corrected chi connectivity index (χ2v) is 4.81. The molecule has 2 aromatic rings. The molecule has 1 aromatic carbocycles. The van der Waals surface area contributed by atoms with E-state index in [4.69, 9.17) is 5.73 Å². The largest absolute Gasteiger partial charge is 0.326 e. The Morgan fingerprint density at radius 1 is 1.32 bits per heavy atom. The maximum atomic E-state index is 13.3. The van der Waals surface area contributed by atoms with E-state index in [1.54, 1.807) is 16.8 Å². The van der Waals surface area contributed by atoms with Crippen LogP contribution < -0.4 is 5.73 Å². The van der Waals surface area contributed by atoms with E-state index in [-0.39, 0.29) is 5.82 Å². The summed E-state index contributed by atoms with van der Waals surface area (Å²) in [6.45, 7) is 1.86. The smallest absolute Gasteiger partial charge is 0.123 e. The molecule has 0 radical (unpaired) electrons. The minimum atomic E-state index is -0.220. The van der Waals surface area contributed by atoms with Crippen LogP contribution in [-0.4, -0.2) is 21.7 Å². The minimum Gasteiger partial charge on any atom is -0.326 e. The van der Waals surface area contributed by atoms with Crippen LogP contribution in [0.1, 0.15) is 16.7 Å². The molecule has 0 aliphatic heterocycles. The van der Waals surface area contributed by atoms with Crippen molar-refractivity contribution in [1.29, 1.82) is 0 Å². The molecule has 0 spiro atoms. The molecule has 0 fully saturated rings. The van der Waals surface area contributed by atoms with Gasteiger partial charge in [-0.05, 0) is 30.3 Å². The number of aryl methyl sites for hydroxylation is 1. The fourth-order valence-corrected chi connectivity index (χ4v) is 2.15. The quantitative estimate of drug-likeness (QED) is 0.891. The Hall–Kier alpha value is -1.72. The van der Waals surface area contributed by atoms with Crippen molar-refractivity contribution < 1.29 is 4.39 Å². The topological polar surface area (TPSA) is 47.1 Å². The van der Waals surface area contributed by atoms with E-state index in [1.807, 2.05) is 26.5 Å². The highest BCUT2D eigenvalue weighted by atomic mass is 19.1. The number of halogens is 1. The van der Waals surface area contributed by atoms with Crippen LogP contribution in [0.4, 0.5) is 4.39 Å². The van der Waals surface area contributed by atoms with E-state index in [9.17, 15) is 4.39 Å². The molecule has 0 aliphatic carbocycles. The van der Waals surface area contributed by atoms with Gasteiger partial charge < -0.3 is 5.73 Å². The van der Waals surface area contributed by atoms with Crippen molar-refractivity contribution in [3.63, 3.8) is 0 Å². The standard InChI is InChI=1S/C14H19FN4/c1-18(8-11-7-17-19(2)9-11)10-13-5-14(15)4-3-12(13)6-16/h3-5,7,9H,6,8,10,16H2,1-2H3. The summed E-state index contributed by atoms with van der Waals surface area (Å²) >= 11 is 0. The lowest BCUT2D eigenvalue weighted by Gasteiger charge is -2.17. The monoisotopic (exact) mass is 262 g/mol. The molecule has 1 heterocycles. The van der Waals surface area contributed by atoms with Crippen LogP contribution in [0, 0.1) is 5.82 Å². The lowest BCUT2D eigenvalue weighted by Crippen LogP contribution is -2.18. The number of hydrogen-bond acceptors (Lipinski definition) is 3. The molecule has 0 atom stereocenters. The number of hydrogen-bond donors (Lipinski definition) is 1. The molecule has 19 heavy (non-hydrogen) atoms. The molecule has 0 saturated carbocycles. The van der Waals surface area contributed by atoms with E-state index in [2.05, 4.69) is 10.00 Å². The third-order valence-electron chi connectivity index (χ3n) is 3.04. The van der Waals surface area contributed by atoms with Crippen LogP contribution in [-0.2, 0) is 26.7 Å². The molecule has 102 valence electrons. The molecular formula is C14H19FN4. The van der Waals surface area contributed by atoms with Gasteiger partial charge in [-0.2, -0.15) is 5.10 Å². The lowest BCUT2D eigenvalue weighted by molar-refractivity contribution is 0.317. The first kappa shape index (κ1) is 13.7. The summed E-state index contributed by atoms with van der Waals surface area (Å²) in [5, 5.41) is 4.13. The molecule has 2 rings (SSSR count). The van der Waals surface area contributed by atoms with E-state index in [1.165, 1.54) is 6.07 Å². The van der Waals surface area contributed by atoms with Gasteiger partial charge in [0, 0.05) is 38.4 Å². The summed E-state index contributed by atoms with van der Waals surface area (Å²) in [5.74, 6) is -0.220. The van der Waals surface area contributed by atoms with Gasteiger partial charge in [-0.25, -0.2) is 4.39 Å². The average Bonchev–Trinajstić information content (AvgIpc) is 2.75. The molecule has 5 heteroatoms. The Balaban J connectivity index is 2.05. The predicted molar refractivity (Wildman–Crippen MR) is 72.7 cm³/mol. The zero-order valence-electron chi connectivity index (χ0n) is 11.3. The fourth-order valence-electron chi connectivity index (χ4n) is 2.15. The highest BCUT2D eigenvalue weighted by Crippen LogP contribution is 2.14. The summed E-state index contributed by atoms with van der Waals surface area (Å²) in [4.78, 5) is 2.12. The molecule has 1 aromatic heterocycles. The third-order valence-corrected chi connectivity index (χ3v) is 3.04. The zero-order chi connectivity index (χ0) is 13.8. The van der Waals surface area contributed by atoms with Gasteiger partial charge in [0.25, 0.3) is 0 Å². The van der Waals surface area contributed by atoms with Crippen molar-refractivity contribution in [3.05, 3.63) is 53.1 Å². The maximum absolute atomic E-state index is 13.3. The maximum Gasteiger partial charge on any atom is 0.123 e. The van der Waals surface area contributed by atoms with Crippen molar-refractivity contribution in [1.82, 2.24) is 14.7 Å². The van der Waals surface area contributed by atoms with Crippen molar-refractivity contribution in [2.75, 3.05) is 7.05 Å². The number of benzene rings is 1. The summed E-state index contributed by atoms with van der Waals surface area (Å²) in [5.41, 5.74) is 8.74. The molecule has 0 amide bonds. The Labute approximate surface area is 112 Å². The van der Waals surface area contributed by atoms with Crippen molar-refractivity contribution in [2.24, 2.45) is 12.8 Å². The van der Waals surface area contributed by atoms with Gasteiger partial charge >= 0.3 is 0 Å². The molecule has 0 bridgehead atoms. The number of nitrogens with two attached hydrogens (primary N) is 1. The van der Waals surface area contributed by atoms with Crippen LogP contribution in [0.15, 0.2) is 30.6 Å². The first-order valence-electron chi connectivity index (χ1n) is 6.22. The number of nitrogens with zero attached hydrogens (tertiary/aromatic N) is 3. The minimum absolute atomic E-state index is 0.220. The van der Waals surface area contributed by atoms with E-state index in [0.29, 0.717) is 13.1 Å². The highest BCUT2D eigenvalue weighted by Gasteiger charge is 2.08. The second-order valence-electron chi connectivity index (χ2n) is 4.81. The van der Waals surface area contributed by atoms with E-state index < -0.39 is 0 Å². The van der Waals surface area contributed by atoms with Crippen molar-refractivity contribution >= 4 is 0 Å². The average molecular weight is 262 g/mol. The lowest BCUT2D eigenvalue weighted by atomic mass is 10.1. The molecule has 4 nitrogen and oxygen atoms in total. The predicted octanol–water partition coefficient (Wildman–Crippen LogP) is 1.65.